The molecule has 126 valence electrons. The van der Waals surface area contributed by atoms with Crippen LogP contribution in [0, 0.1) is 0 Å². The molecule has 0 radical (unpaired) electrons. The lowest BCUT2D eigenvalue weighted by atomic mass is 10.2. The Kier molecular flexibility index (Phi) is 5.78. The standard InChI is InChI=1S/C18H20N2O4/c1-13(17(21)22)20(12-14-7-4-3-5-8-14)18(23)19-15-9-6-10-16(11-15)24-2/h3-11,13H,12H2,1-2H3,(H,19,23)(H,21,22). The Labute approximate surface area is 140 Å². The second kappa shape index (κ2) is 8.01. The Balaban J connectivity index is 2.18. The Morgan fingerprint density at radius 3 is 2.50 bits per heavy atom. The minimum Gasteiger partial charge on any atom is -0.497 e. The number of methoxy groups -OCH3 is 1. The van der Waals surface area contributed by atoms with E-state index in [1.807, 2.05) is 30.3 Å². The van der Waals surface area contributed by atoms with Crippen molar-refractivity contribution in [2.45, 2.75) is 19.5 Å². The highest BCUT2D eigenvalue weighted by molar-refractivity contribution is 5.92. The first-order valence-electron chi connectivity index (χ1n) is 7.49. The first kappa shape index (κ1) is 17.3. The highest BCUT2D eigenvalue weighted by atomic mass is 16.5. The molecule has 0 spiro atoms. The van der Waals surface area contributed by atoms with Crippen LogP contribution in [0.15, 0.2) is 54.6 Å². The molecule has 0 heterocycles. The lowest BCUT2D eigenvalue weighted by molar-refractivity contribution is -0.141. The van der Waals surface area contributed by atoms with Gasteiger partial charge >= 0.3 is 12.0 Å². The van der Waals surface area contributed by atoms with E-state index in [0.717, 1.165) is 5.56 Å². The van der Waals surface area contributed by atoms with Gasteiger partial charge < -0.3 is 20.1 Å². The number of anilines is 1. The van der Waals surface area contributed by atoms with E-state index in [0.29, 0.717) is 11.4 Å². The smallest absolute Gasteiger partial charge is 0.326 e. The van der Waals surface area contributed by atoms with Gasteiger partial charge in [-0.15, -0.1) is 0 Å². The Bertz CT molecular complexity index is 703. The minimum absolute atomic E-state index is 0.199. The first-order valence-corrected chi connectivity index (χ1v) is 7.49. The highest BCUT2D eigenvalue weighted by Gasteiger charge is 2.25. The number of carboxylic acid groups (broad SMARTS) is 1. The van der Waals surface area contributed by atoms with E-state index >= 15 is 0 Å². The molecule has 0 saturated heterocycles. The third-order valence-electron chi connectivity index (χ3n) is 3.60. The number of carbonyl (C=O) groups is 2. The number of carbonyl (C=O) groups excluding carboxylic acids is 1. The van der Waals surface area contributed by atoms with E-state index in [2.05, 4.69) is 5.32 Å². The summed E-state index contributed by atoms with van der Waals surface area (Å²) in [7, 11) is 1.54. The van der Waals surface area contributed by atoms with E-state index in [9.17, 15) is 14.7 Å². The molecule has 2 rings (SSSR count). The topological polar surface area (TPSA) is 78.9 Å². The molecule has 24 heavy (non-hydrogen) atoms. The van der Waals surface area contributed by atoms with Crippen LogP contribution in [-0.4, -0.2) is 35.2 Å². The van der Waals surface area contributed by atoms with Crippen molar-refractivity contribution in [3.63, 3.8) is 0 Å². The van der Waals surface area contributed by atoms with Crippen molar-refractivity contribution in [2.75, 3.05) is 12.4 Å². The number of hydrogen-bond acceptors (Lipinski definition) is 3. The van der Waals surface area contributed by atoms with Crippen LogP contribution in [0.25, 0.3) is 0 Å². The lowest BCUT2D eigenvalue weighted by Crippen LogP contribution is -2.44. The maximum Gasteiger partial charge on any atom is 0.326 e. The molecule has 0 aliphatic heterocycles. The number of amides is 2. The van der Waals surface area contributed by atoms with Crippen LogP contribution in [0.2, 0.25) is 0 Å². The average Bonchev–Trinajstić information content (AvgIpc) is 2.60. The summed E-state index contributed by atoms with van der Waals surface area (Å²) in [6.07, 6.45) is 0. The zero-order valence-electron chi connectivity index (χ0n) is 13.6. The SMILES string of the molecule is COc1cccc(NC(=O)N(Cc2ccccc2)C(C)C(=O)O)c1. The van der Waals surface area contributed by atoms with Crippen LogP contribution in [0.5, 0.6) is 5.75 Å². The fourth-order valence-corrected chi connectivity index (χ4v) is 2.19. The fourth-order valence-electron chi connectivity index (χ4n) is 2.19. The average molecular weight is 328 g/mol. The van der Waals surface area contributed by atoms with Crippen molar-refractivity contribution in [3.8, 4) is 5.75 Å². The van der Waals surface area contributed by atoms with Gasteiger partial charge in [-0.1, -0.05) is 36.4 Å². The molecule has 1 unspecified atom stereocenters. The van der Waals surface area contributed by atoms with Gasteiger partial charge in [-0.3, -0.25) is 0 Å². The van der Waals surface area contributed by atoms with E-state index < -0.39 is 18.0 Å². The number of urea groups is 1. The number of nitrogens with zero attached hydrogens (tertiary/aromatic N) is 1. The molecule has 2 N–H and O–H groups in total. The molecule has 0 aliphatic rings. The van der Waals surface area contributed by atoms with E-state index in [-0.39, 0.29) is 6.54 Å². The third kappa shape index (κ3) is 4.49. The molecule has 0 bridgehead atoms. The van der Waals surface area contributed by atoms with Gasteiger partial charge in [-0.25, -0.2) is 9.59 Å². The molecule has 2 amide bonds. The number of benzene rings is 2. The minimum atomic E-state index is -1.06. The van der Waals surface area contributed by atoms with Gasteiger partial charge in [0.05, 0.1) is 7.11 Å². The van der Waals surface area contributed by atoms with Crippen LogP contribution >= 0.6 is 0 Å². The van der Waals surface area contributed by atoms with Crippen molar-refractivity contribution < 1.29 is 19.4 Å². The molecule has 2 aromatic rings. The van der Waals surface area contributed by atoms with Crippen LogP contribution in [0.4, 0.5) is 10.5 Å². The number of hydrogen-bond donors (Lipinski definition) is 2. The summed E-state index contributed by atoms with van der Waals surface area (Å²) in [4.78, 5) is 25.2. The molecule has 6 heteroatoms. The molecule has 0 saturated carbocycles. The molecule has 6 nitrogen and oxygen atoms in total. The predicted octanol–water partition coefficient (Wildman–Crippen LogP) is 3.20. The lowest BCUT2D eigenvalue weighted by Gasteiger charge is -2.27. The van der Waals surface area contributed by atoms with Crippen LogP contribution in [-0.2, 0) is 11.3 Å². The molecule has 0 fully saturated rings. The van der Waals surface area contributed by atoms with Gasteiger partial charge in [0.15, 0.2) is 0 Å². The normalized spacial score (nSPS) is 11.4. The third-order valence-corrected chi connectivity index (χ3v) is 3.60. The number of aliphatic carboxylic acids is 1. The van der Waals surface area contributed by atoms with E-state index in [1.54, 1.807) is 24.3 Å². The fraction of sp³-hybridized carbons (Fsp3) is 0.222. The van der Waals surface area contributed by atoms with Crippen LogP contribution < -0.4 is 10.1 Å². The van der Waals surface area contributed by atoms with Crippen molar-refractivity contribution in [1.82, 2.24) is 4.90 Å². The predicted molar refractivity (Wildman–Crippen MR) is 91.1 cm³/mol. The largest absolute Gasteiger partial charge is 0.497 e. The zero-order chi connectivity index (χ0) is 17.5. The Morgan fingerprint density at radius 1 is 1.17 bits per heavy atom. The van der Waals surface area contributed by atoms with E-state index in [4.69, 9.17) is 4.74 Å². The highest BCUT2D eigenvalue weighted by Crippen LogP contribution is 2.18. The van der Waals surface area contributed by atoms with Crippen molar-refractivity contribution in [3.05, 3.63) is 60.2 Å². The van der Waals surface area contributed by atoms with Gasteiger partial charge in [-0.2, -0.15) is 0 Å². The maximum atomic E-state index is 12.6. The summed E-state index contributed by atoms with van der Waals surface area (Å²) in [5, 5.41) is 12.0. The molecule has 2 aromatic carbocycles. The molecular weight excluding hydrogens is 308 g/mol. The maximum absolute atomic E-state index is 12.6. The van der Waals surface area contributed by atoms with Crippen LogP contribution in [0.1, 0.15) is 12.5 Å². The summed E-state index contributed by atoms with van der Waals surface area (Å²) in [5.41, 5.74) is 1.39. The summed E-state index contributed by atoms with van der Waals surface area (Å²) >= 11 is 0. The summed E-state index contributed by atoms with van der Waals surface area (Å²) in [6.45, 7) is 1.68. The first-order chi connectivity index (χ1) is 11.5. The zero-order valence-corrected chi connectivity index (χ0v) is 13.6. The quantitative estimate of drug-likeness (QED) is 0.853. The number of rotatable bonds is 6. The number of carboxylic acids is 1. The second-order valence-electron chi connectivity index (χ2n) is 5.29. The van der Waals surface area contributed by atoms with Gasteiger partial charge in [0.2, 0.25) is 0 Å². The Morgan fingerprint density at radius 2 is 1.88 bits per heavy atom. The second-order valence-corrected chi connectivity index (χ2v) is 5.29. The number of ether oxygens (including phenoxy) is 1. The Hall–Kier alpha value is -3.02. The molecular formula is C18H20N2O4. The van der Waals surface area contributed by atoms with E-state index in [1.165, 1.54) is 18.9 Å². The van der Waals surface area contributed by atoms with Crippen molar-refractivity contribution in [2.24, 2.45) is 0 Å². The summed E-state index contributed by atoms with van der Waals surface area (Å²) in [5.74, 6) is -0.458. The molecule has 0 aliphatic carbocycles. The molecule has 1 atom stereocenters. The van der Waals surface area contributed by atoms with Gasteiger partial charge in [0.1, 0.15) is 11.8 Å². The number of nitrogens with one attached hydrogen (secondary N) is 1. The van der Waals surface area contributed by atoms with Gasteiger partial charge in [-0.05, 0) is 24.6 Å². The van der Waals surface area contributed by atoms with Crippen LogP contribution in [0.3, 0.4) is 0 Å². The van der Waals surface area contributed by atoms with Crippen molar-refractivity contribution in [1.29, 1.82) is 0 Å². The van der Waals surface area contributed by atoms with Crippen molar-refractivity contribution >= 4 is 17.7 Å². The summed E-state index contributed by atoms with van der Waals surface area (Å²) in [6, 6.07) is 14.7. The monoisotopic (exact) mass is 328 g/mol. The molecule has 0 aromatic heterocycles. The summed E-state index contributed by atoms with van der Waals surface area (Å²) < 4.78 is 5.12. The van der Waals surface area contributed by atoms with Gasteiger partial charge in [0, 0.05) is 18.3 Å². The van der Waals surface area contributed by atoms with Gasteiger partial charge in [0.25, 0.3) is 0 Å².